The van der Waals surface area contributed by atoms with E-state index in [9.17, 15) is 9.59 Å². The van der Waals surface area contributed by atoms with Gasteiger partial charge in [0.15, 0.2) is 0 Å². The molecule has 1 aromatic carbocycles. The van der Waals surface area contributed by atoms with Crippen molar-refractivity contribution in [2.45, 2.75) is 32.8 Å². The van der Waals surface area contributed by atoms with Gasteiger partial charge in [-0.1, -0.05) is 18.2 Å². The largest absolute Gasteiger partial charge is 0.481 e. The second-order valence-corrected chi connectivity index (χ2v) is 5.21. The molecule has 0 aromatic heterocycles. The van der Waals surface area contributed by atoms with E-state index in [2.05, 4.69) is 0 Å². The van der Waals surface area contributed by atoms with Crippen LogP contribution in [0.4, 0.5) is 10.5 Å². The van der Waals surface area contributed by atoms with Gasteiger partial charge in [-0.05, 0) is 31.9 Å². The number of ether oxygens (including phenoxy) is 1. The summed E-state index contributed by atoms with van der Waals surface area (Å²) in [6.45, 7) is 5.74. The number of hydrogen-bond acceptors (Lipinski definition) is 3. The molecular weight excluding hydrogens is 246 g/mol. The Labute approximate surface area is 111 Å². The van der Waals surface area contributed by atoms with E-state index in [0.717, 1.165) is 16.8 Å². The Morgan fingerprint density at radius 3 is 2.53 bits per heavy atom. The minimum atomic E-state index is -0.975. The summed E-state index contributed by atoms with van der Waals surface area (Å²) < 4.78 is 5.24. The van der Waals surface area contributed by atoms with Crippen LogP contribution in [0, 0.1) is 13.8 Å². The molecule has 102 valence electrons. The van der Waals surface area contributed by atoms with Gasteiger partial charge >= 0.3 is 12.1 Å². The van der Waals surface area contributed by atoms with Crippen LogP contribution in [0.2, 0.25) is 0 Å². The van der Waals surface area contributed by atoms with Gasteiger partial charge in [0.2, 0.25) is 0 Å². The molecule has 1 N–H and O–H groups in total. The fourth-order valence-electron chi connectivity index (χ4n) is 2.51. The molecule has 0 aliphatic carbocycles. The van der Waals surface area contributed by atoms with E-state index in [1.165, 1.54) is 4.90 Å². The standard InChI is InChI=1S/C14H17NO4/c1-9-5-4-6-10(2)12(9)15-8-14(3,7-11(16)17)19-13(15)18/h4-6H,7-8H2,1-3H3,(H,16,17). The number of aliphatic carboxylic acids is 1. The summed E-state index contributed by atoms with van der Waals surface area (Å²) in [7, 11) is 0. The third-order valence-corrected chi connectivity index (χ3v) is 3.28. The number of carbonyl (C=O) groups excluding carboxylic acids is 1. The average Bonchev–Trinajstić information content (AvgIpc) is 2.52. The maximum Gasteiger partial charge on any atom is 0.415 e. The number of para-hydroxylation sites is 1. The normalized spacial score (nSPS) is 22.5. The van der Waals surface area contributed by atoms with Gasteiger partial charge in [-0.3, -0.25) is 9.69 Å². The summed E-state index contributed by atoms with van der Waals surface area (Å²) in [5.41, 5.74) is 1.77. The number of carboxylic acids is 1. The number of nitrogens with zero attached hydrogens (tertiary/aromatic N) is 1. The third-order valence-electron chi connectivity index (χ3n) is 3.28. The van der Waals surface area contributed by atoms with Crippen molar-refractivity contribution in [3.05, 3.63) is 29.3 Å². The molecule has 0 radical (unpaired) electrons. The number of cyclic esters (lactones) is 1. The lowest BCUT2D eigenvalue weighted by Gasteiger charge is -2.21. The number of hydrogen-bond donors (Lipinski definition) is 1. The summed E-state index contributed by atoms with van der Waals surface area (Å²) in [5, 5.41) is 8.88. The fraction of sp³-hybridized carbons (Fsp3) is 0.429. The lowest BCUT2D eigenvalue weighted by molar-refractivity contribution is -0.140. The summed E-state index contributed by atoms with van der Waals surface area (Å²) in [6.07, 6.45) is -0.679. The van der Waals surface area contributed by atoms with E-state index in [-0.39, 0.29) is 13.0 Å². The molecular formula is C14H17NO4. The van der Waals surface area contributed by atoms with Crippen molar-refractivity contribution in [2.24, 2.45) is 0 Å². The molecule has 1 aliphatic heterocycles. The molecule has 1 saturated heterocycles. The highest BCUT2D eigenvalue weighted by molar-refractivity contribution is 5.92. The van der Waals surface area contributed by atoms with Crippen molar-refractivity contribution in [1.29, 1.82) is 0 Å². The summed E-state index contributed by atoms with van der Waals surface area (Å²) in [5.74, 6) is -0.973. The summed E-state index contributed by atoms with van der Waals surface area (Å²) in [6, 6.07) is 5.76. The Balaban J connectivity index is 2.33. The first-order valence-corrected chi connectivity index (χ1v) is 6.11. The van der Waals surface area contributed by atoms with Gasteiger partial charge in [0.1, 0.15) is 5.60 Å². The van der Waals surface area contributed by atoms with Crippen LogP contribution in [0.3, 0.4) is 0 Å². The van der Waals surface area contributed by atoms with E-state index >= 15 is 0 Å². The van der Waals surface area contributed by atoms with Crippen LogP contribution in [0.15, 0.2) is 18.2 Å². The predicted molar refractivity (Wildman–Crippen MR) is 70.4 cm³/mol. The molecule has 1 fully saturated rings. The number of anilines is 1. The highest BCUT2D eigenvalue weighted by Crippen LogP contribution is 2.33. The third kappa shape index (κ3) is 2.54. The zero-order valence-electron chi connectivity index (χ0n) is 11.3. The van der Waals surface area contributed by atoms with Crippen LogP contribution in [-0.2, 0) is 9.53 Å². The van der Waals surface area contributed by atoms with E-state index in [1.54, 1.807) is 6.92 Å². The van der Waals surface area contributed by atoms with Crippen molar-refractivity contribution in [3.8, 4) is 0 Å². The van der Waals surface area contributed by atoms with Gasteiger partial charge in [-0.15, -0.1) is 0 Å². The van der Waals surface area contributed by atoms with Gasteiger partial charge in [-0.2, -0.15) is 0 Å². The number of rotatable bonds is 3. The molecule has 1 atom stereocenters. The smallest absolute Gasteiger partial charge is 0.415 e. The molecule has 1 amide bonds. The van der Waals surface area contributed by atoms with Gasteiger partial charge in [0.25, 0.3) is 0 Å². The second-order valence-electron chi connectivity index (χ2n) is 5.21. The van der Waals surface area contributed by atoms with Crippen LogP contribution in [0.5, 0.6) is 0 Å². The van der Waals surface area contributed by atoms with Gasteiger partial charge < -0.3 is 9.84 Å². The number of aryl methyl sites for hydroxylation is 2. The Hall–Kier alpha value is -2.04. The highest BCUT2D eigenvalue weighted by atomic mass is 16.6. The monoisotopic (exact) mass is 263 g/mol. The Bertz CT molecular complexity index is 520. The molecule has 0 spiro atoms. The maximum absolute atomic E-state index is 12.0. The number of amides is 1. The minimum absolute atomic E-state index is 0.194. The van der Waals surface area contributed by atoms with Crippen LogP contribution >= 0.6 is 0 Å². The van der Waals surface area contributed by atoms with Gasteiger partial charge in [0.05, 0.1) is 18.7 Å². The van der Waals surface area contributed by atoms with Crippen molar-refractivity contribution < 1.29 is 19.4 Å². The Kier molecular flexibility index (Phi) is 3.22. The molecule has 1 aromatic rings. The van der Waals surface area contributed by atoms with E-state index < -0.39 is 17.7 Å². The summed E-state index contributed by atoms with van der Waals surface area (Å²) >= 11 is 0. The first kappa shape index (κ1) is 13.4. The molecule has 5 nitrogen and oxygen atoms in total. The minimum Gasteiger partial charge on any atom is -0.481 e. The van der Waals surface area contributed by atoms with Crippen LogP contribution in [-0.4, -0.2) is 29.3 Å². The molecule has 1 heterocycles. The van der Waals surface area contributed by atoms with Crippen LogP contribution in [0.25, 0.3) is 0 Å². The number of benzene rings is 1. The zero-order valence-corrected chi connectivity index (χ0v) is 11.3. The molecule has 1 aliphatic rings. The first-order valence-electron chi connectivity index (χ1n) is 6.11. The van der Waals surface area contributed by atoms with Gasteiger partial charge in [0, 0.05) is 0 Å². The summed E-state index contributed by atoms with van der Waals surface area (Å²) in [4.78, 5) is 24.3. The molecule has 0 saturated carbocycles. The van der Waals surface area contributed by atoms with Crippen molar-refractivity contribution in [1.82, 2.24) is 0 Å². The number of carboxylic acid groups (broad SMARTS) is 1. The molecule has 2 rings (SSSR count). The Morgan fingerprint density at radius 2 is 2.00 bits per heavy atom. The average molecular weight is 263 g/mol. The molecule has 1 unspecified atom stereocenters. The van der Waals surface area contributed by atoms with Gasteiger partial charge in [-0.25, -0.2) is 4.79 Å². The SMILES string of the molecule is Cc1cccc(C)c1N1CC(C)(CC(=O)O)OC1=O. The quantitative estimate of drug-likeness (QED) is 0.909. The van der Waals surface area contributed by atoms with Crippen LogP contribution in [0.1, 0.15) is 24.5 Å². The zero-order chi connectivity index (χ0) is 14.2. The second kappa shape index (κ2) is 4.57. The van der Waals surface area contributed by atoms with E-state index in [1.807, 2.05) is 32.0 Å². The highest BCUT2D eigenvalue weighted by Gasteiger charge is 2.44. The van der Waals surface area contributed by atoms with Crippen molar-refractivity contribution >= 4 is 17.7 Å². The maximum atomic E-state index is 12.0. The van der Waals surface area contributed by atoms with E-state index in [4.69, 9.17) is 9.84 Å². The fourth-order valence-corrected chi connectivity index (χ4v) is 2.51. The molecule has 19 heavy (non-hydrogen) atoms. The number of carbonyl (C=O) groups is 2. The topological polar surface area (TPSA) is 66.8 Å². The van der Waals surface area contributed by atoms with Crippen molar-refractivity contribution in [3.63, 3.8) is 0 Å². The van der Waals surface area contributed by atoms with Crippen molar-refractivity contribution in [2.75, 3.05) is 11.4 Å². The predicted octanol–water partition coefficient (Wildman–Crippen LogP) is 2.49. The lowest BCUT2D eigenvalue weighted by Crippen LogP contribution is -2.34. The van der Waals surface area contributed by atoms with Crippen LogP contribution < -0.4 is 4.90 Å². The molecule has 5 heteroatoms. The van der Waals surface area contributed by atoms with E-state index in [0.29, 0.717) is 0 Å². The Morgan fingerprint density at radius 1 is 1.42 bits per heavy atom. The first-order chi connectivity index (χ1) is 8.82. The molecule has 0 bridgehead atoms. The lowest BCUT2D eigenvalue weighted by atomic mass is 10.0.